The molecular formula is C13H13F2N3O. The zero-order chi connectivity index (χ0) is 13.5. The molecule has 4 nitrogen and oxygen atoms in total. The molecule has 1 aromatic heterocycles. The monoisotopic (exact) mass is 265 g/mol. The Bertz CT molecular complexity index is 583. The first kappa shape index (κ1) is 12.2. The fraction of sp³-hybridized carbons (Fsp3) is 0.385. The molecule has 100 valence electrons. The van der Waals surface area contributed by atoms with E-state index in [0.29, 0.717) is 0 Å². The van der Waals surface area contributed by atoms with Crippen LogP contribution in [-0.4, -0.2) is 25.5 Å². The first-order chi connectivity index (χ1) is 9.05. The van der Waals surface area contributed by atoms with Crippen molar-refractivity contribution in [2.45, 2.75) is 30.7 Å². The number of rotatable bonds is 4. The normalized spacial score (nSPS) is 19.9. The predicted molar refractivity (Wildman–Crippen MR) is 63.4 cm³/mol. The second-order valence-electron chi connectivity index (χ2n) is 4.90. The predicted octanol–water partition coefficient (Wildman–Crippen LogP) is 1.81. The molecule has 0 spiro atoms. The maximum Gasteiger partial charge on any atom is 0.146 e. The maximum atomic E-state index is 14.5. The average molecular weight is 265 g/mol. The molecule has 2 aromatic rings. The van der Waals surface area contributed by atoms with E-state index in [9.17, 15) is 13.9 Å². The van der Waals surface area contributed by atoms with Crippen LogP contribution in [0.1, 0.15) is 18.4 Å². The molecule has 1 aliphatic rings. The molecule has 1 atom stereocenters. The average Bonchev–Trinajstić information content (AvgIpc) is 2.95. The van der Waals surface area contributed by atoms with Gasteiger partial charge >= 0.3 is 0 Å². The Hall–Kier alpha value is -1.82. The SMILES string of the molecule is OC(Cn1cncn1)(c1ccccc1F)C1(F)CC1. The van der Waals surface area contributed by atoms with Gasteiger partial charge in [-0.3, -0.25) is 0 Å². The Morgan fingerprint density at radius 2 is 2.11 bits per heavy atom. The first-order valence-electron chi connectivity index (χ1n) is 6.04. The van der Waals surface area contributed by atoms with Crippen LogP contribution in [0.4, 0.5) is 8.78 Å². The van der Waals surface area contributed by atoms with Crippen LogP contribution in [0.2, 0.25) is 0 Å². The van der Waals surface area contributed by atoms with Crippen molar-refractivity contribution in [3.05, 3.63) is 48.3 Å². The number of aromatic nitrogens is 3. The van der Waals surface area contributed by atoms with Gasteiger partial charge in [-0.2, -0.15) is 5.10 Å². The minimum absolute atomic E-state index is 0.0366. The van der Waals surface area contributed by atoms with Crippen LogP contribution < -0.4 is 0 Å². The van der Waals surface area contributed by atoms with Gasteiger partial charge < -0.3 is 5.11 Å². The lowest BCUT2D eigenvalue weighted by Crippen LogP contribution is -2.43. The van der Waals surface area contributed by atoms with Crippen LogP contribution >= 0.6 is 0 Å². The van der Waals surface area contributed by atoms with E-state index in [2.05, 4.69) is 10.1 Å². The summed E-state index contributed by atoms with van der Waals surface area (Å²) in [6, 6.07) is 5.71. The molecule has 1 aromatic carbocycles. The Morgan fingerprint density at radius 3 is 2.68 bits per heavy atom. The summed E-state index contributed by atoms with van der Waals surface area (Å²) in [5, 5.41) is 14.6. The summed E-state index contributed by atoms with van der Waals surface area (Å²) in [4.78, 5) is 3.75. The van der Waals surface area contributed by atoms with Gasteiger partial charge in [0.15, 0.2) is 0 Å². The Balaban J connectivity index is 2.05. The highest BCUT2D eigenvalue weighted by atomic mass is 19.1. The van der Waals surface area contributed by atoms with E-state index < -0.39 is 17.1 Å². The van der Waals surface area contributed by atoms with Gasteiger partial charge in [0.1, 0.15) is 29.7 Å². The van der Waals surface area contributed by atoms with Crippen molar-refractivity contribution >= 4 is 0 Å². The van der Waals surface area contributed by atoms with Crippen molar-refractivity contribution in [3.8, 4) is 0 Å². The van der Waals surface area contributed by atoms with Gasteiger partial charge in [0.2, 0.25) is 0 Å². The van der Waals surface area contributed by atoms with E-state index in [0.717, 1.165) is 0 Å². The third-order valence-corrected chi connectivity index (χ3v) is 3.61. The van der Waals surface area contributed by atoms with Gasteiger partial charge in [0.25, 0.3) is 0 Å². The molecule has 0 bridgehead atoms. The third-order valence-electron chi connectivity index (χ3n) is 3.61. The van der Waals surface area contributed by atoms with Crippen molar-refractivity contribution < 1.29 is 13.9 Å². The third kappa shape index (κ3) is 1.92. The van der Waals surface area contributed by atoms with Gasteiger partial charge in [-0.25, -0.2) is 18.4 Å². The van der Waals surface area contributed by atoms with Crippen LogP contribution in [0.3, 0.4) is 0 Å². The van der Waals surface area contributed by atoms with E-state index in [1.165, 1.54) is 35.5 Å². The number of benzene rings is 1. The van der Waals surface area contributed by atoms with Crippen LogP contribution in [-0.2, 0) is 12.1 Å². The topological polar surface area (TPSA) is 50.9 Å². The lowest BCUT2D eigenvalue weighted by molar-refractivity contribution is -0.0743. The zero-order valence-corrected chi connectivity index (χ0v) is 10.1. The van der Waals surface area contributed by atoms with Crippen molar-refractivity contribution in [3.63, 3.8) is 0 Å². The lowest BCUT2D eigenvalue weighted by Gasteiger charge is -2.32. The van der Waals surface area contributed by atoms with Gasteiger partial charge in [0, 0.05) is 5.56 Å². The largest absolute Gasteiger partial charge is 0.380 e. The Kier molecular flexibility index (Phi) is 2.63. The van der Waals surface area contributed by atoms with Gasteiger partial charge in [-0.1, -0.05) is 18.2 Å². The number of hydrogen-bond donors (Lipinski definition) is 1. The van der Waals surface area contributed by atoms with E-state index in [1.807, 2.05) is 0 Å². The van der Waals surface area contributed by atoms with Gasteiger partial charge in [-0.05, 0) is 18.9 Å². The molecule has 1 saturated carbocycles. The van der Waals surface area contributed by atoms with E-state index in [4.69, 9.17) is 0 Å². The molecule has 3 rings (SSSR count). The quantitative estimate of drug-likeness (QED) is 0.917. The number of alkyl halides is 1. The highest BCUT2D eigenvalue weighted by Gasteiger charge is 2.62. The fourth-order valence-corrected chi connectivity index (χ4v) is 2.34. The molecule has 19 heavy (non-hydrogen) atoms. The molecule has 0 radical (unpaired) electrons. The molecule has 1 N–H and O–H groups in total. The van der Waals surface area contributed by atoms with Crippen molar-refractivity contribution in [2.24, 2.45) is 0 Å². The molecule has 1 heterocycles. The molecule has 1 fully saturated rings. The first-order valence-corrected chi connectivity index (χ1v) is 6.04. The van der Waals surface area contributed by atoms with Gasteiger partial charge in [0.05, 0.1) is 6.54 Å². The number of hydrogen-bond acceptors (Lipinski definition) is 3. The summed E-state index contributed by atoms with van der Waals surface area (Å²) in [7, 11) is 0. The number of aliphatic hydroxyl groups is 1. The number of halogens is 2. The molecule has 1 unspecified atom stereocenters. The zero-order valence-electron chi connectivity index (χ0n) is 10.1. The summed E-state index contributed by atoms with van der Waals surface area (Å²) in [5.74, 6) is -0.617. The van der Waals surface area contributed by atoms with Crippen molar-refractivity contribution in [1.29, 1.82) is 0 Å². The van der Waals surface area contributed by atoms with E-state index in [-0.39, 0.29) is 24.9 Å². The summed E-state index contributed by atoms with van der Waals surface area (Å²) >= 11 is 0. The molecular weight excluding hydrogens is 252 g/mol. The minimum Gasteiger partial charge on any atom is -0.380 e. The number of nitrogens with zero attached hydrogens (tertiary/aromatic N) is 3. The summed E-state index contributed by atoms with van der Waals surface area (Å²) in [6.45, 7) is -0.162. The van der Waals surface area contributed by atoms with Gasteiger partial charge in [-0.15, -0.1) is 0 Å². The van der Waals surface area contributed by atoms with Crippen molar-refractivity contribution in [2.75, 3.05) is 0 Å². The fourth-order valence-electron chi connectivity index (χ4n) is 2.34. The maximum absolute atomic E-state index is 14.5. The highest BCUT2D eigenvalue weighted by Crippen LogP contribution is 2.54. The Labute approximate surface area is 108 Å². The van der Waals surface area contributed by atoms with E-state index in [1.54, 1.807) is 6.07 Å². The second kappa shape index (κ2) is 4.09. The van der Waals surface area contributed by atoms with Crippen LogP contribution in [0.25, 0.3) is 0 Å². The van der Waals surface area contributed by atoms with E-state index >= 15 is 0 Å². The van der Waals surface area contributed by atoms with Crippen molar-refractivity contribution in [1.82, 2.24) is 14.8 Å². The standard InChI is InChI=1S/C13H13F2N3O/c14-11-4-2-1-3-10(11)13(19,12(15)5-6-12)7-18-9-16-8-17-18/h1-4,8-9,19H,5-7H2. The molecule has 1 aliphatic carbocycles. The smallest absolute Gasteiger partial charge is 0.146 e. The highest BCUT2D eigenvalue weighted by molar-refractivity contribution is 5.31. The lowest BCUT2D eigenvalue weighted by atomic mass is 9.86. The summed E-state index contributed by atoms with van der Waals surface area (Å²) in [5.41, 5.74) is -3.77. The Morgan fingerprint density at radius 1 is 1.37 bits per heavy atom. The molecule has 0 saturated heterocycles. The summed E-state index contributed by atoms with van der Waals surface area (Å²) in [6.07, 6.45) is 3.09. The van der Waals surface area contributed by atoms with Crippen LogP contribution in [0.15, 0.2) is 36.9 Å². The molecule has 0 aliphatic heterocycles. The molecule has 0 amide bonds. The molecule has 6 heteroatoms. The van der Waals surface area contributed by atoms with Crippen LogP contribution in [0, 0.1) is 5.82 Å². The minimum atomic E-state index is -1.92. The van der Waals surface area contributed by atoms with Crippen LogP contribution in [0.5, 0.6) is 0 Å². The summed E-state index contributed by atoms with van der Waals surface area (Å²) < 4.78 is 29.7. The second-order valence-corrected chi connectivity index (χ2v) is 4.90.